The largest absolute Gasteiger partial charge is 0.392 e. The second-order valence-corrected chi connectivity index (χ2v) is 8.55. The second kappa shape index (κ2) is 10.2. The number of hydrogen-bond donors (Lipinski definition) is 1. The molecule has 0 unspecified atom stereocenters. The lowest BCUT2D eigenvalue weighted by molar-refractivity contribution is -0.124. The van der Waals surface area contributed by atoms with Gasteiger partial charge in [0.1, 0.15) is 0 Å². The molecule has 0 aliphatic heterocycles. The SMILES string of the molecule is CCN(Cc1ccc(/C(=C/CC(F)(F)F)c2cc(Cl)c(Cl)c(Cl)c2)c2ccccc12)C(N)=O. The first-order valence-electron chi connectivity index (χ1n) is 9.99. The Bertz CT molecular complexity index is 1200. The van der Waals surface area contributed by atoms with Gasteiger partial charge >= 0.3 is 12.2 Å². The van der Waals surface area contributed by atoms with Gasteiger partial charge in [0.05, 0.1) is 21.5 Å². The smallest absolute Gasteiger partial charge is 0.351 e. The molecule has 3 aromatic rings. The summed E-state index contributed by atoms with van der Waals surface area (Å²) in [6.07, 6.45) is -4.43. The zero-order valence-electron chi connectivity index (χ0n) is 17.5. The van der Waals surface area contributed by atoms with Crippen molar-refractivity contribution >= 4 is 57.2 Å². The van der Waals surface area contributed by atoms with E-state index in [0.717, 1.165) is 17.0 Å². The minimum atomic E-state index is -4.40. The molecule has 3 aromatic carbocycles. The van der Waals surface area contributed by atoms with E-state index in [1.807, 2.05) is 25.1 Å². The summed E-state index contributed by atoms with van der Waals surface area (Å²) in [6, 6.07) is 13.2. The maximum Gasteiger partial charge on any atom is 0.392 e. The third-order valence-electron chi connectivity index (χ3n) is 5.19. The van der Waals surface area contributed by atoms with Crippen LogP contribution in [0.5, 0.6) is 0 Å². The van der Waals surface area contributed by atoms with Crippen LogP contribution in [0, 0.1) is 0 Å². The van der Waals surface area contributed by atoms with Gasteiger partial charge in [0.2, 0.25) is 0 Å². The van der Waals surface area contributed by atoms with Crippen molar-refractivity contribution in [1.29, 1.82) is 0 Å². The Morgan fingerprint density at radius 2 is 1.64 bits per heavy atom. The van der Waals surface area contributed by atoms with Crippen LogP contribution in [0.2, 0.25) is 15.1 Å². The Hall–Kier alpha value is -2.41. The van der Waals surface area contributed by atoms with Crippen molar-refractivity contribution in [3.8, 4) is 0 Å². The minimum absolute atomic E-state index is 0.128. The second-order valence-electron chi connectivity index (χ2n) is 7.36. The van der Waals surface area contributed by atoms with Crippen molar-refractivity contribution in [1.82, 2.24) is 4.90 Å². The first-order chi connectivity index (χ1) is 15.5. The van der Waals surface area contributed by atoms with Gasteiger partial charge in [0.15, 0.2) is 0 Å². The van der Waals surface area contributed by atoms with E-state index in [2.05, 4.69) is 0 Å². The predicted molar refractivity (Wildman–Crippen MR) is 129 cm³/mol. The van der Waals surface area contributed by atoms with Crippen LogP contribution in [-0.2, 0) is 6.54 Å². The molecule has 0 aromatic heterocycles. The summed E-state index contributed by atoms with van der Waals surface area (Å²) in [4.78, 5) is 13.2. The summed E-state index contributed by atoms with van der Waals surface area (Å²) in [5, 5.41) is 1.91. The molecule has 0 saturated carbocycles. The number of nitrogens with two attached hydrogens (primary N) is 1. The molecule has 0 spiro atoms. The van der Waals surface area contributed by atoms with Crippen LogP contribution < -0.4 is 5.73 Å². The van der Waals surface area contributed by atoms with Gasteiger partial charge in [0.25, 0.3) is 0 Å². The normalized spacial score (nSPS) is 12.3. The monoisotopic (exact) mass is 514 g/mol. The topological polar surface area (TPSA) is 46.3 Å². The predicted octanol–water partition coefficient (Wildman–Crippen LogP) is 8.08. The highest BCUT2D eigenvalue weighted by Crippen LogP contribution is 2.39. The van der Waals surface area contributed by atoms with E-state index in [1.165, 1.54) is 17.0 Å². The van der Waals surface area contributed by atoms with Crippen molar-refractivity contribution in [2.45, 2.75) is 26.1 Å². The van der Waals surface area contributed by atoms with Crippen LogP contribution in [0.15, 0.2) is 54.6 Å². The van der Waals surface area contributed by atoms with Gasteiger partial charge < -0.3 is 10.6 Å². The van der Waals surface area contributed by atoms with E-state index >= 15 is 0 Å². The number of alkyl halides is 3. The number of benzene rings is 3. The maximum atomic E-state index is 13.1. The number of rotatable bonds is 6. The molecule has 0 fully saturated rings. The number of amides is 2. The lowest BCUT2D eigenvalue weighted by Crippen LogP contribution is -2.34. The maximum absolute atomic E-state index is 13.1. The third-order valence-corrected chi connectivity index (χ3v) is 6.39. The summed E-state index contributed by atoms with van der Waals surface area (Å²) in [5.74, 6) is 0. The van der Waals surface area contributed by atoms with Gasteiger partial charge in [-0.25, -0.2) is 4.79 Å². The first kappa shape index (κ1) is 25.2. The van der Waals surface area contributed by atoms with Crippen LogP contribution in [-0.4, -0.2) is 23.7 Å². The average Bonchev–Trinajstić information content (AvgIpc) is 2.75. The van der Waals surface area contributed by atoms with E-state index in [4.69, 9.17) is 40.5 Å². The average molecular weight is 516 g/mol. The number of nitrogens with zero attached hydrogens (tertiary/aromatic N) is 1. The van der Waals surface area contributed by atoms with Crippen molar-refractivity contribution in [2.75, 3.05) is 6.54 Å². The highest BCUT2D eigenvalue weighted by molar-refractivity contribution is 6.48. The molecule has 3 rings (SSSR count). The Labute approximate surface area is 204 Å². The van der Waals surface area contributed by atoms with Crippen LogP contribution in [0.4, 0.5) is 18.0 Å². The lowest BCUT2D eigenvalue weighted by atomic mass is 9.90. The molecule has 2 amide bonds. The van der Waals surface area contributed by atoms with Crippen LogP contribution in [0.25, 0.3) is 16.3 Å². The fraction of sp³-hybridized carbons (Fsp3) is 0.208. The molecule has 33 heavy (non-hydrogen) atoms. The molecule has 0 radical (unpaired) electrons. The molecule has 9 heteroatoms. The Balaban J connectivity index is 2.23. The lowest BCUT2D eigenvalue weighted by Gasteiger charge is -2.21. The molecular formula is C24H20Cl3F3N2O. The molecule has 174 valence electrons. The minimum Gasteiger partial charge on any atom is -0.351 e. The molecule has 0 saturated heterocycles. The first-order valence-corrected chi connectivity index (χ1v) is 11.1. The quantitative estimate of drug-likeness (QED) is 0.331. The summed E-state index contributed by atoms with van der Waals surface area (Å²) in [6.45, 7) is 2.50. The number of hydrogen-bond acceptors (Lipinski definition) is 1. The van der Waals surface area contributed by atoms with Crippen molar-refractivity contribution in [2.24, 2.45) is 5.73 Å². The van der Waals surface area contributed by atoms with Gasteiger partial charge in [-0.1, -0.05) is 77.3 Å². The van der Waals surface area contributed by atoms with E-state index in [0.29, 0.717) is 28.6 Å². The number of halogens is 6. The Morgan fingerprint density at radius 1 is 1.03 bits per heavy atom. The molecule has 0 aliphatic rings. The van der Waals surface area contributed by atoms with Gasteiger partial charge in [0, 0.05) is 13.1 Å². The van der Waals surface area contributed by atoms with Crippen molar-refractivity contribution < 1.29 is 18.0 Å². The number of carbonyl (C=O) groups excluding carboxylic acids is 1. The standard InChI is InChI=1S/C24H20Cl3F3N2O/c1-2-32(23(31)33)13-14-7-8-19(18-6-4-3-5-16(14)18)17(9-10-24(28,29)30)15-11-20(25)22(27)21(26)12-15/h3-9,11-12H,2,10,13H2,1H3,(H2,31,33)/b17-9+. The number of allylic oxidation sites excluding steroid dienone is 1. The number of primary amides is 1. The Kier molecular flexibility index (Phi) is 7.83. The zero-order valence-corrected chi connectivity index (χ0v) is 19.8. The third kappa shape index (κ3) is 5.94. The molecule has 0 bridgehead atoms. The van der Waals surface area contributed by atoms with Crippen LogP contribution >= 0.6 is 34.8 Å². The fourth-order valence-electron chi connectivity index (χ4n) is 3.60. The van der Waals surface area contributed by atoms with E-state index in [9.17, 15) is 18.0 Å². The summed E-state index contributed by atoms with van der Waals surface area (Å²) in [5.41, 5.74) is 7.56. The van der Waals surface area contributed by atoms with Gasteiger partial charge in [-0.05, 0) is 52.1 Å². The van der Waals surface area contributed by atoms with Gasteiger partial charge in [-0.3, -0.25) is 0 Å². The summed E-state index contributed by atoms with van der Waals surface area (Å²) >= 11 is 18.4. The van der Waals surface area contributed by atoms with Gasteiger partial charge in [-0.15, -0.1) is 0 Å². The molecule has 2 N–H and O–H groups in total. The van der Waals surface area contributed by atoms with Gasteiger partial charge in [-0.2, -0.15) is 13.2 Å². The molecule has 0 atom stereocenters. The van der Waals surface area contributed by atoms with Crippen LogP contribution in [0.1, 0.15) is 30.0 Å². The Morgan fingerprint density at radius 3 is 2.18 bits per heavy atom. The van der Waals surface area contributed by atoms with Crippen LogP contribution in [0.3, 0.4) is 0 Å². The number of urea groups is 1. The number of carbonyl (C=O) groups is 1. The molecular weight excluding hydrogens is 496 g/mol. The van der Waals surface area contributed by atoms with E-state index in [1.54, 1.807) is 18.2 Å². The van der Waals surface area contributed by atoms with E-state index in [-0.39, 0.29) is 21.6 Å². The molecule has 3 nitrogen and oxygen atoms in total. The highest BCUT2D eigenvalue weighted by atomic mass is 35.5. The summed E-state index contributed by atoms with van der Waals surface area (Å²) < 4.78 is 39.4. The van der Waals surface area contributed by atoms with E-state index < -0.39 is 18.6 Å². The van der Waals surface area contributed by atoms with Crippen molar-refractivity contribution in [3.63, 3.8) is 0 Å². The fourth-order valence-corrected chi connectivity index (χ4v) is 4.19. The van der Waals surface area contributed by atoms with Crippen molar-refractivity contribution in [3.05, 3.63) is 86.4 Å². The number of fused-ring (bicyclic) bond motifs is 1. The molecule has 0 aliphatic carbocycles. The highest BCUT2D eigenvalue weighted by Gasteiger charge is 2.26. The summed E-state index contributed by atoms with van der Waals surface area (Å²) in [7, 11) is 0. The zero-order chi connectivity index (χ0) is 24.3. The molecule has 0 heterocycles.